The van der Waals surface area contributed by atoms with Crippen LogP contribution in [0.15, 0.2) is 35.5 Å². The van der Waals surface area contributed by atoms with Crippen molar-refractivity contribution in [3.8, 4) is 0 Å². The molecule has 0 aromatic carbocycles. The molecular formula is C28H43F2NO2. The Bertz CT molecular complexity index is 768. The summed E-state index contributed by atoms with van der Waals surface area (Å²) in [6.45, 7) is 8.68. The van der Waals surface area contributed by atoms with E-state index in [4.69, 9.17) is 0 Å². The van der Waals surface area contributed by atoms with Crippen molar-refractivity contribution in [2.45, 2.75) is 102 Å². The first-order chi connectivity index (χ1) is 15.7. The number of halogens is 2. The van der Waals surface area contributed by atoms with Crippen LogP contribution >= 0.6 is 0 Å². The molecule has 186 valence electrons. The standard InChI is InChI=1S/C28H43F2NO2/c1-20-19-21(5-3-7-25(20)32)8-9-22-6-4-13-27(2)23(10-11-24(22)27)12-16-31-17-14-28(33,15-18-31)26(29)30/h8-9,23-26,32-33H,1,3-7,10-19H2,2H3/b21-8-,22-9+/t23?,24?,25-,27?/m0/s1. The number of hydrogen-bond acceptors (Lipinski definition) is 3. The summed E-state index contributed by atoms with van der Waals surface area (Å²) in [5.41, 5.74) is 2.52. The van der Waals surface area contributed by atoms with E-state index >= 15 is 0 Å². The fraction of sp³-hybridized carbons (Fsp3) is 0.786. The molecule has 4 rings (SSSR count). The molecule has 0 aromatic heterocycles. The van der Waals surface area contributed by atoms with Crippen molar-refractivity contribution in [3.05, 3.63) is 35.5 Å². The van der Waals surface area contributed by atoms with Crippen LogP contribution in [0.4, 0.5) is 8.78 Å². The molecule has 0 amide bonds. The fourth-order valence-electron chi connectivity index (χ4n) is 7.13. The highest BCUT2D eigenvalue weighted by Gasteiger charge is 2.49. The zero-order chi connectivity index (χ0) is 23.6. The van der Waals surface area contributed by atoms with Gasteiger partial charge >= 0.3 is 0 Å². The minimum Gasteiger partial charge on any atom is -0.389 e. The monoisotopic (exact) mass is 463 g/mol. The van der Waals surface area contributed by atoms with Gasteiger partial charge in [0.05, 0.1) is 6.10 Å². The van der Waals surface area contributed by atoms with E-state index in [-0.39, 0.29) is 18.9 Å². The van der Waals surface area contributed by atoms with Crippen molar-refractivity contribution in [1.82, 2.24) is 4.90 Å². The van der Waals surface area contributed by atoms with Crippen LogP contribution in [0.2, 0.25) is 0 Å². The fourth-order valence-corrected chi connectivity index (χ4v) is 7.13. The molecule has 0 bridgehead atoms. The lowest BCUT2D eigenvalue weighted by atomic mass is 9.63. The van der Waals surface area contributed by atoms with E-state index in [9.17, 15) is 19.0 Å². The van der Waals surface area contributed by atoms with Crippen LogP contribution in [0.1, 0.15) is 84.0 Å². The molecule has 1 heterocycles. The third-order valence-electron chi connectivity index (χ3n) is 9.52. The minimum atomic E-state index is -2.64. The maximum atomic E-state index is 13.1. The molecule has 1 saturated heterocycles. The zero-order valence-electron chi connectivity index (χ0n) is 20.4. The Kier molecular flexibility index (Phi) is 7.82. The average molecular weight is 464 g/mol. The second kappa shape index (κ2) is 10.3. The summed E-state index contributed by atoms with van der Waals surface area (Å²) in [4.78, 5) is 2.28. The molecule has 0 radical (unpaired) electrons. The van der Waals surface area contributed by atoms with E-state index in [1.807, 2.05) is 0 Å². The number of aliphatic hydroxyl groups is 2. The molecule has 4 atom stereocenters. The molecule has 4 aliphatic rings. The Morgan fingerprint density at radius 2 is 1.85 bits per heavy atom. The summed E-state index contributed by atoms with van der Waals surface area (Å²) >= 11 is 0. The van der Waals surface area contributed by atoms with Crippen LogP contribution in [-0.2, 0) is 0 Å². The normalized spacial score (nSPS) is 38.1. The van der Waals surface area contributed by atoms with Crippen molar-refractivity contribution in [2.75, 3.05) is 19.6 Å². The lowest BCUT2D eigenvalue weighted by molar-refractivity contribution is -0.126. The van der Waals surface area contributed by atoms with Gasteiger partial charge in [0.25, 0.3) is 6.43 Å². The Hall–Kier alpha value is -1.04. The highest BCUT2D eigenvalue weighted by atomic mass is 19.3. The number of rotatable bonds is 5. The van der Waals surface area contributed by atoms with E-state index in [1.54, 1.807) is 5.57 Å². The lowest BCUT2D eigenvalue weighted by Crippen LogP contribution is -2.49. The Morgan fingerprint density at radius 3 is 2.58 bits per heavy atom. The van der Waals surface area contributed by atoms with Gasteiger partial charge in [-0.1, -0.05) is 36.8 Å². The number of alkyl halides is 2. The van der Waals surface area contributed by atoms with Gasteiger partial charge in [-0.15, -0.1) is 0 Å². The number of hydrogen-bond donors (Lipinski definition) is 2. The van der Waals surface area contributed by atoms with Crippen LogP contribution in [0.3, 0.4) is 0 Å². The molecule has 1 aliphatic heterocycles. The van der Waals surface area contributed by atoms with E-state index in [0.29, 0.717) is 30.3 Å². The van der Waals surface area contributed by atoms with Gasteiger partial charge in [0.1, 0.15) is 5.60 Å². The van der Waals surface area contributed by atoms with Gasteiger partial charge in [0.15, 0.2) is 0 Å². The van der Waals surface area contributed by atoms with E-state index in [0.717, 1.165) is 44.2 Å². The number of piperidine rings is 1. The Balaban J connectivity index is 1.35. The highest BCUT2D eigenvalue weighted by molar-refractivity contribution is 5.28. The Labute approximate surface area is 198 Å². The molecule has 2 N–H and O–H groups in total. The summed E-state index contributed by atoms with van der Waals surface area (Å²) in [7, 11) is 0. The highest BCUT2D eigenvalue weighted by Crippen LogP contribution is 2.58. The van der Waals surface area contributed by atoms with Gasteiger partial charge in [-0.3, -0.25) is 0 Å². The SMILES string of the molecule is C=C1C/C(=C\C=C2/CCCC3(C)C(CCN4CCC(O)(C(F)F)CC4)CCC23)CCC[C@@H]1O. The first kappa shape index (κ1) is 25.1. The molecule has 33 heavy (non-hydrogen) atoms. The number of aliphatic hydroxyl groups excluding tert-OH is 1. The van der Waals surface area contributed by atoms with E-state index < -0.39 is 12.0 Å². The second-order valence-electron chi connectivity index (χ2n) is 11.5. The minimum absolute atomic E-state index is 0.181. The largest absolute Gasteiger partial charge is 0.389 e. The smallest absolute Gasteiger partial charge is 0.266 e. The first-order valence-corrected chi connectivity index (χ1v) is 13.2. The van der Waals surface area contributed by atoms with Crippen molar-refractivity contribution < 1.29 is 19.0 Å². The predicted molar refractivity (Wildman–Crippen MR) is 129 cm³/mol. The number of likely N-dealkylation sites (tertiary alicyclic amines) is 1. The number of nitrogens with zero attached hydrogens (tertiary/aromatic N) is 1. The third kappa shape index (κ3) is 5.46. The van der Waals surface area contributed by atoms with Crippen molar-refractivity contribution in [3.63, 3.8) is 0 Å². The van der Waals surface area contributed by atoms with Crippen molar-refractivity contribution in [1.29, 1.82) is 0 Å². The van der Waals surface area contributed by atoms with Gasteiger partial charge in [-0.05, 0) is 106 Å². The molecule has 3 unspecified atom stereocenters. The molecule has 3 saturated carbocycles. The quantitative estimate of drug-likeness (QED) is 0.387. The van der Waals surface area contributed by atoms with Gasteiger partial charge in [0, 0.05) is 13.1 Å². The summed E-state index contributed by atoms with van der Waals surface area (Å²) in [5.74, 6) is 1.33. The average Bonchev–Trinajstić information content (AvgIpc) is 3.04. The molecule has 5 heteroatoms. The third-order valence-corrected chi connectivity index (χ3v) is 9.52. The van der Waals surface area contributed by atoms with Crippen LogP contribution < -0.4 is 0 Å². The molecule has 0 spiro atoms. The molecule has 3 aliphatic carbocycles. The molecule has 4 fully saturated rings. The van der Waals surface area contributed by atoms with Gasteiger partial charge in [0.2, 0.25) is 0 Å². The van der Waals surface area contributed by atoms with E-state index in [2.05, 4.69) is 30.6 Å². The first-order valence-electron chi connectivity index (χ1n) is 13.2. The number of fused-ring (bicyclic) bond motifs is 1. The van der Waals surface area contributed by atoms with Crippen molar-refractivity contribution in [2.24, 2.45) is 17.3 Å². The molecule has 3 nitrogen and oxygen atoms in total. The van der Waals surface area contributed by atoms with Crippen LogP contribution in [-0.4, -0.2) is 52.9 Å². The lowest BCUT2D eigenvalue weighted by Gasteiger charge is -2.43. The Morgan fingerprint density at radius 1 is 1.09 bits per heavy atom. The van der Waals surface area contributed by atoms with Gasteiger partial charge in [-0.2, -0.15) is 0 Å². The number of allylic oxidation sites excluding steroid dienone is 4. The summed E-state index contributed by atoms with van der Waals surface area (Å²) in [5, 5.41) is 20.1. The summed E-state index contributed by atoms with van der Waals surface area (Å²) in [6.07, 6.45) is 13.2. The van der Waals surface area contributed by atoms with Crippen LogP contribution in [0.5, 0.6) is 0 Å². The van der Waals surface area contributed by atoms with E-state index in [1.165, 1.54) is 37.7 Å². The van der Waals surface area contributed by atoms with Gasteiger partial charge < -0.3 is 15.1 Å². The molecule has 0 aromatic rings. The van der Waals surface area contributed by atoms with Crippen LogP contribution in [0.25, 0.3) is 0 Å². The maximum Gasteiger partial charge on any atom is 0.266 e. The van der Waals surface area contributed by atoms with Gasteiger partial charge in [-0.25, -0.2) is 8.78 Å². The summed E-state index contributed by atoms with van der Waals surface area (Å²) < 4.78 is 26.2. The topological polar surface area (TPSA) is 43.7 Å². The zero-order valence-corrected chi connectivity index (χ0v) is 20.4. The predicted octanol–water partition coefficient (Wildman–Crippen LogP) is 6.03. The summed E-state index contributed by atoms with van der Waals surface area (Å²) in [6, 6.07) is 0. The molecular weight excluding hydrogens is 420 g/mol. The van der Waals surface area contributed by atoms with Crippen LogP contribution in [0, 0.1) is 17.3 Å². The second-order valence-corrected chi connectivity index (χ2v) is 11.5. The van der Waals surface area contributed by atoms with Crippen molar-refractivity contribution >= 4 is 0 Å². The maximum absolute atomic E-state index is 13.1.